The molecule has 0 amide bonds. The number of H-pyrrole nitrogens is 2. The first kappa shape index (κ1) is 29.7. The lowest BCUT2D eigenvalue weighted by Crippen LogP contribution is -2.19. The Labute approximate surface area is 288 Å². The third-order valence-electron chi connectivity index (χ3n) is 8.98. The highest BCUT2D eigenvalue weighted by molar-refractivity contribution is 7.19. The van der Waals surface area contributed by atoms with Gasteiger partial charge in [0.25, 0.3) is 0 Å². The maximum atomic E-state index is 13.5. The van der Waals surface area contributed by atoms with Crippen LogP contribution in [0.4, 0.5) is 4.39 Å². The average Bonchev–Trinajstić information content (AvgIpc) is 3.98. The van der Waals surface area contributed by atoms with Gasteiger partial charge in [-0.05, 0) is 83.6 Å². The highest BCUT2D eigenvalue weighted by atomic mass is 32.1. The van der Waals surface area contributed by atoms with Crippen molar-refractivity contribution in [2.45, 2.75) is 24.7 Å². The molecule has 0 saturated carbocycles. The van der Waals surface area contributed by atoms with Crippen LogP contribution in [0.15, 0.2) is 104 Å². The zero-order valence-corrected chi connectivity index (χ0v) is 27.7. The Morgan fingerprint density at radius 2 is 1.18 bits per heavy atom. The number of nitrogens with one attached hydrogen (secondary N) is 2. The minimum absolute atomic E-state index is 0.157. The number of thiazole rings is 2. The smallest absolute Gasteiger partial charge is 0.123 e. The van der Waals surface area contributed by atoms with Gasteiger partial charge in [-0.15, -0.1) is 22.7 Å². The van der Waals surface area contributed by atoms with Gasteiger partial charge in [-0.1, -0.05) is 30.3 Å². The molecule has 2 N–H and O–H groups in total. The normalized spacial score (nSPS) is 16.7. The number of halogens is 1. The van der Waals surface area contributed by atoms with Crippen LogP contribution >= 0.6 is 22.7 Å². The minimum Gasteiger partial charge on any atom is -0.493 e. The molecule has 10 rings (SSSR count). The molecule has 242 valence electrons. The number of benzene rings is 4. The van der Waals surface area contributed by atoms with Crippen LogP contribution in [0.5, 0.6) is 11.5 Å². The van der Waals surface area contributed by atoms with Crippen LogP contribution in [0.3, 0.4) is 0 Å². The van der Waals surface area contributed by atoms with E-state index in [4.69, 9.17) is 19.4 Å². The molecular formula is C38H29FN6O2S2. The molecule has 0 radical (unpaired) electrons. The van der Waals surface area contributed by atoms with Crippen LogP contribution in [-0.4, -0.2) is 43.6 Å². The van der Waals surface area contributed by atoms with Crippen molar-refractivity contribution in [3.8, 4) is 33.8 Å². The third kappa shape index (κ3) is 5.96. The molecule has 0 fully saturated rings. The van der Waals surface area contributed by atoms with Gasteiger partial charge in [0, 0.05) is 35.4 Å². The zero-order chi connectivity index (χ0) is 32.7. The zero-order valence-electron chi connectivity index (χ0n) is 26.1. The lowest BCUT2D eigenvalue weighted by Gasteiger charge is -2.23. The first-order chi connectivity index (χ1) is 24.1. The molecule has 2 aliphatic heterocycles. The minimum atomic E-state index is -0.225. The molecule has 2 atom stereocenters. The molecule has 4 aromatic carbocycles. The molecule has 2 aliphatic rings. The van der Waals surface area contributed by atoms with E-state index in [1.165, 1.54) is 16.3 Å². The van der Waals surface area contributed by atoms with Crippen LogP contribution in [0.2, 0.25) is 0 Å². The average molecular weight is 685 g/mol. The van der Waals surface area contributed by atoms with E-state index < -0.39 is 0 Å². The summed E-state index contributed by atoms with van der Waals surface area (Å²) < 4.78 is 27.6. The monoisotopic (exact) mass is 684 g/mol. The van der Waals surface area contributed by atoms with Crippen LogP contribution < -0.4 is 9.47 Å². The van der Waals surface area contributed by atoms with Crippen LogP contribution in [0.25, 0.3) is 42.7 Å². The number of aromatic nitrogens is 6. The molecular weight excluding hydrogens is 656 g/mol. The first-order valence-corrected chi connectivity index (χ1v) is 17.7. The number of fused-ring (bicyclic) bond motifs is 4. The van der Waals surface area contributed by atoms with Crippen molar-refractivity contribution in [2.75, 3.05) is 13.2 Å². The lowest BCUT2D eigenvalue weighted by atomic mass is 9.97. The van der Waals surface area contributed by atoms with Gasteiger partial charge in [-0.25, -0.2) is 14.4 Å². The van der Waals surface area contributed by atoms with Gasteiger partial charge in [-0.2, -0.15) is 10.2 Å². The summed E-state index contributed by atoms with van der Waals surface area (Å²) in [6, 6.07) is 25.6. The Kier molecular flexibility index (Phi) is 7.63. The van der Waals surface area contributed by atoms with E-state index in [1.807, 2.05) is 43.0 Å². The molecule has 0 saturated heterocycles. The van der Waals surface area contributed by atoms with E-state index in [0.717, 1.165) is 77.9 Å². The van der Waals surface area contributed by atoms with Crippen LogP contribution in [0, 0.1) is 5.82 Å². The maximum absolute atomic E-state index is 13.5. The van der Waals surface area contributed by atoms with Gasteiger partial charge < -0.3 is 9.47 Å². The van der Waals surface area contributed by atoms with E-state index in [9.17, 15) is 4.39 Å². The molecule has 2 unspecified atom stereocenters. The fourth-order valence-electron chi connectivity index (χ4n) is 6.42. The Hall–Kier alpha value is -5.39. The van der Waals surface area contributed by atoms with Gasteiger partial charge in [0.15, 0.2) is 0 Å². The molecule has 0 spiro atoms. The van der Waals surface area contributed by atoms with Crippen molar-refractivity contribution in [3.63, 3.8) is 0 Å². The standard InChI is InChI=1S/C19H14FN3OS.C19H15N3OS/c20-15-2-4-17-12(6-15)5-13(10-24-17)19-23-16-3-1-11(7-18(16)25-19)14-8-21-22-9-14;1-2-4-17-13(3-1)7-14(11-23-17)19-22-16-6-5-12(8-18(16)24-19)15-9-20-21-10-15/h1-4,6-9,13H,5,10H2,(H,21,22);1-6,8-10,14H,7,11H2,(H,20,21). The molecule has 8 nitrogen and oxygen atoms in total. The first-order valence-electron chi connectivity index (χ1n) is 16.0. The van der Waals surface area contributed by atoms with Gasteiger partial charge >= 0.3 is 0 Å². The molecule has 11 heteroatoms. The van der Waals surface area contributed by atoms with Crippen molar-refractivity contribution >= 4 is 43.1 Å². The van der Waals surface area contributed by atoms with Crippen molar-refractivity contribution in [2.24, 2.45) is 0 Å². The summed E-state index contributed by atoms with van der Waals surface area (Å²) in [5.41, 5.74) is 8.66. The van der Waals surface area contributed by atoms with Crippen molar-refractivity contribution in [1.29, 1.82) is 0 Å². The Morgan fingerprint density at radius 3 is 1.78 bits per heavy atom. The highest BCUT2D eigenvalue weighted by Crippen LogP contribution is 2.38. The highest BCUT2D eigenvalue weighted by Gasteiger charge is 2.26. The Morgan fingerprint density at radius 1 is 0.612 bits per heavy atom. The second kappa shape index (κ2) is 12.6. The van der Waals surface area contributed by atoms with Crippen LogP contribution in [-0.2, 0) is 12.8 Å². The SMILES string of the molecule is Fc1ccc2c(c1)CC(c1nc3ccc(-c4cn[nH]c4)cc3s1)CO2.c1ccc2c(c1)CC(c1nc3ccc(-c4cn[nH]c4)cc3s1)CO2. The second-order valence-electron chi connectivity index (χ2n) is 12.2. The summed E-state index contributed by atoms with van der Waals surface area (Å²) in [5.74, 6) is 2.05. The summed E-state index contributed by atoms with van der Waals surface area (Å²) in [5, 5.41) is 15.9. The molecule has 0 bridgehead atoms. The number of rotatable bonds is 4. The molecule has 4 aromatic heterocycles. The number of hydrogen-bond acceptors (Lipinski definition) is 8. The number of para-hydroxylation sites is 1. The van der Waals surface area contributed by atoms with E-state index in [-0.39, 0.29) is 11.7 Å². The Balaban J connectivity index is 0.000000133. The largest absolute Gasteiger partial charge is 0.493 e. The number of aromatic amines is 2. The van der Waals surface area contributed by atoms with Crippen molar-refractivity contribution in [3.05, 3.63) is 131 Å². The summed E-state index contributed by atoms with van der Waals surface area (Å²) in [6.45, 7) is 1.28. The maximum Gasteiger partial charge on any atom is 0.123 e. The summed E-state index contributed by atoms with van der Waals surface area (Å²) in [6.07, 6.45) is 9.18. The molecule has 49 heavy (non-hydrogen) atoms. The van der Waals surface area contributed by atoms with Gasteiger partial charge in [-0.3, -0.25) is 10.2 Å². The van der Waals surface area contributed by atoms with Crippen LogP contribution in [0.1, 0.15) is 33.0 Å². The third-order valence-corrected chi connectivity index (χ3v) is 11.3. The summed E-state index contributed by atoms with van der Waals surface area (Å²) in [7, 11) is 0. The van der Waals surface area contributed by atoms with Crippen molar-refractivity contribution in [1.82, 2.24) is 30.4 Å². The predicted octanol–water partition coefficient (Wildman–Crippen LogP) is 8.95. The van der Waals surface area contributed by atoms with E-state index in [0.29, 0.717) is 19.1 Å². The van der Waals surface area contributed by atoms with Gasteiger partial charge in [0.2, 0.25) is 0 Å². The number of hydrogen-bond donors (Lipinski definition) is 2. The van der Waals surface area contributed by atoms with Gasteiger partial charge in [0.05, 0.1) is 46.0 Å². The fraction of sp³-hybridized carbons (Fsp3) is 0.158. The number of nitrogens with zero attached hydrogens (tertiary/aromatic N) is 4. The summed E-state index contributed by atoms with van der Waals surface area (Å²) in [4.78, 5) is 9.62. The lowest BCUT2D eigenvalue weighted by molar-refractivity contribution is 0.262. The topological polar surface area (TPSA) is 102 Å². The molecule has 0 aliphatic carbocycles. The molecule has 6 heterocycles. The predicted molar refractivity (Wildman–Crippen MR) is 191 cm³/mol. The van der Waals surface area contributed by atoms with Crippen molar-refractivity contribution < 1.29 is 13.9 Å². The quantitative estimate of drug-likeness (QED) is 0.192. The van der Waals surface area contributed by atoms with Gasteiger partial charge in [0.1, 0.15) is 27.3 Å². The second-order valence-corrected chi connectivity index (χ2v) is 14.4. The van der Waals surface area contributed by atoms with E-state index in [1.54, 1.807) is 34.8 Å². The molecule has 8 aromatic rings. The fourth-order valence-corrected chi connectivity index (χ4v) is 8.60. The Bertz CT molecular complexity index is 2400. The summed E-state index contributed by atoms with van der Waals surface area (Å²) >= 11 is 3.45. The number of ether oxygens (including phenoxy) is 2. The van der Waals surface area contributed by atoms with E-state index >= 15 is 0 Å². The van der Waals surface area contributed by atoms with E-state index in [2.05, 4.69) is 62.9 Å².